The Labute approximate surface area is 122 Å². The highest BCUT2D eigenvalue weighted by atomic mass is 16.5. The zero-order valence-corrected chi connectivity index (χ0v) is 11.9. The molecule has 2 N–H and O–H groups in total. The molecule has 0 spiro atoms. The summed E-state index contributed by atoms with van der Waals surface area (Å²) in [5, 5.41) is 0.761. The summed E-state index contributed by atoms with van der Waals surface area (Å²) in [5.74, 6) is 2.15. The zero-order chi connectivity index (χ0) is 14.8. The third-order valence-corrected chi connectivity index (χ3v) is 3.03. The zero-order valence-electron chi connectivity index (χ0n) is 11.9. The van der Waals surface area contributed by atoms with Crippen molar-refractivity contribution in [2.45, 2.75) is 13.8 Å². The van der Waals surface area contributed by atoms with Crippen LogP contribution in [0.25, 0.3) is 22.3 Å². The minimum atomic E-state index is 0.429. The standard InChI is InChI=1S/C15H15N5O/c1-3-21-12-7-8-17-15(20-12)10-5-4-6-11-13(10)14(16)19-9(2)18-11/h4-8H,3H2,1-2H3,(H2,16,18,19). The third kappa shape index (κ3) is 2.47. The predicted octanol–water partition coefficient (Wildman–Crippen LogP) is 2.38. The van der Waals surface area contributed by atoms with Gasteiger partial charge in [0.25, 0.3) is 0 Å². The van der Waals surface area contributed by atoms with Crippen molar-refractivity contribution >= 4 is 16.7 Å². The molecule has 6 nitrogen and oxygen atoms in total. The normalized spacial score (nSPS) is 10.8. The van der Waals surface area contributed by atoms with Gasteiger partial charge in [-0.15, -0.1) is 0 Å². The highest BCUT2D eigenvalue weighted by molar-refractivity contribution is 5.99. The molecule has 6 heteroatoms. The van der Waals surface area contributed by atoms with Gasteiger partial charge >= 0.3 is 0 Å². The topological polar surface area (TPSA) is 86.8 Å². The second kappa shape index (κ2) is 5.32. The summed E-state index contributed by atoms with van der Waals surface area (Å²) in [6.07, 6.45) is 1.66. The number of ether oxygens (including phenoxy) is 1. The molecule has 0 saturated carbocycles. The molecular formula is C15H15N5O. The molecule has 3 aromatic rings. The van der Waals surface area contributed by atoms with Gasteiger partial charge in [-0.3, -0.25) is 0 Å². The lowest BCUT2D eigenvalue weighted by molar-refractivity contribution is 0.326. The number of aromatic nitrogens is 4. The molecule has 21 heavy (non-hydrogen) atoms. The average Bonchev–Trinajstić information content (AvgIpc) is 2.47. The van der Waals surface area contributed by atoms with E-state index in [0.29, 0.717) is 30.0 Å². The fourth-order valence-corrected chi connectivity index (χ4v) is 2.22. The summed E-state index contributed by atoms with van der Waals surface area (Å²) in [4.78, 5) is 17.3. The van der Waals surface area contributed by atoms with Gasteiger partial charge < -0.3 is 10.5 Å². The lowest BCUT2D eigenvalue weighted by atomic mass is 10.1. The number of hydrogen-bond donors (Lipinski definition) is 1. The average molecular weight is 281 g/mol. The molecule has 0 saturated heterocycles. The van der Waals surface area contributed by atoms with Crippen LogP contribution in [-0.4, -0.2) is 26.5 Å². The number of rotatable bonds is 3. The Morgan fingerprint density at radius 2 is 2.00 bits per heavy atom. The van der Waals surface area contributed by atoms with Gasteiger partial charge in [-0.05, 0) is 19.9 Å². The molecular weight excluding hydrogens is 266 g/mol. The molecule has 0 amide bonds. The monoisotopic (exact) mass is 281 g/mol. The van der Waals surface area contributed by atoms with E-state index in [0.717, 1.165) is 16.5 Å². The maximum Gasteiger partial charge on any atom is 0.216 e. The summed E-state index contributed by atoms with van der Waals surface area (Å²) in [7, 11) is 0. The first-order valence-electron chi connectivity index (χ1n) is 6.68. The number of fused-ring (bicyclic) bond motifs is 1. The lowest BCUT2D eigenvalue weighted by Crippen LogP contribution is -2.01. The van der Waals surface area contributed by atoms with Gasteiger partial charge in [0.15, 0.2) is 5.82 Å². The predicted molar refractivity (Wildman–Crippen MR) is 80.9 cm³/mol. The second-order valence-electron chi connectivity index (χ2n) is 4.51. The van der Waals surface area contributed by atoms with E-state index >= 15 is 0 Å². The molecule has 0 fully saturated rings. The Balaban J connectivity index is 2.23. The van der Waals surface area contributed by atoms with Gasteiger partial charge in [0, 0.05) is 17.8 Å². The van der Waals surface area contributed by atoms with Gasteiger partial charge in [-0.1, -0.05) is 12.1 Å². The van der Waals surface area contributed by atoms with Crippen LogP contribution in [0, 0.1) is 6.92 Å². The van der Waals surface area contributed by atoms with Crippen molar-refractivity contribution in [1.29, 1.82) is 0 Å². The summed E-state index contributed by atoms with van der Waals surface area (Å²) < 4.78 is 5.42. The maximum absolute atomic E-state index is 6.05. The van der Waals surface area contributed by atoms with Crippen molar-refractivity contribution in [1.82, 2.24) is 19.9 Å². The maximum atomic E-state index is 6.05. The molecule has 3 rings (SSSR count). The van der Waals surface area contributed by atoms with Crippen LogP contribution in [-0.2, 0) is 0 Å². The molecule has 0 radical (unpaired) electrons. The number of anilines is 1. The van der Waals surface area contributed by atoms with Crippen LogP contribution in [0.1, 0.15) is 12.7 Å². The Morgan fingerprint density at radius 1 is 1.14 bits per heavy atom. The number of hydrogen-bond acceptors (Lipinski definition) is 6. The summed E-state index contributed by atoms with van der Waals surface area (Å²) in [6, 6.07) is 7.43. The van der Waals surface area contributed by atoms with E-state index in [1.165, 1.54) is 0 Å². The highest BCUT2D eigenvalue weighted by Gasteiger charge is 2.12. The summed E-state index contributed by atoms with van der Waals surface area (Å²) in [6.45, 7) is 4.28. The van der Waals surface area contributed by atoms with Gasteiger partial charge in [-0.25, -0.2) is 15.0 Å². The second-order valence-corrected chi connectivity index (χ2v) is 4.51. The molecule has 0 aliphatic rings. The van der Waals surface area contributed by atoms with Gasteiger partial charge in [0.2, 0.25) is 5.88 Å². The van der Waals surface area contributed by atoms with Gasteiger partial charge in [0.05, 0.1) is 17.5 Å². The quantitative estimate of drug-likeness (QED) is 0.793. The van der Waals surface area contributed by atoms with Crippen molar-refractivity contribution in [2.24, 2.45) is 0 Å². The van der Waals surface area contributed by atoms with E-state index < -0.39 is 0 Å². The van der Waals surface area contributed by atoms with E-state index in [4.69, 9.17) is 10.5 Å². The van der Waals surface area contributed by atoms with Crippen molar-refractivity contribution in [3.63, 3.8) is 0 Å². The molecule has 2 aromatic heterocycles. The van der Waals surface area contributed by atoms with Gasteiger partial charge in [0.1, 0.15) is 11.6 Å². The minimum absolute atomic E-state index is 0.429. The summed E-state index contributed by atoms with van der Waals surface area (Å²) >= 11 is 0. The minimum Gasteiger partial charge on any atom is -0.478 e. The number of nitrogens with two attached hydrogens (primary N) is 1. The van der Waals surface area contributed by atoms with Crippen molar-refractivity contribution < 1.29 is 4.74 Å². The molecule has 0 aliphatic carbocycles. The molecule has 106 valence electrons. The molecule has 0 bridgehead atoms. The first-order chi connectivity index (χ1) is 10.2. The number of aryl methyl sites for hydroxylation is 1. The first kappa shape index (κ1) is 13.2. The fourth-order valence-electron chi connectivity index (χ4n) is 2.22. The van der Waals surface area contributed by atoms with Gasteiger partial charge in [-0.2, -0.15) is 4.98 Å². The van der Waals surface area contributed by atoms with Crippen LogP contribution in [0.3, 0.4) is 0 Å². The van der Waals surface area contributed by atoms with E-state index in [1.54, 1.807) is 12.3 Å². The van der Waals surface area contributed by atoms with Crippen molar-refractivity contribution in [2.75, 3.05) is 12.3 Å². The number of nitrogen functional groups attached to an aromatic ring is 1. The Kier molecular flexibility index (Phi) is 3.35. The van der Waals surface area contributed by atoms with E-state index in [1.807, 2.05) is 32.0 Å². The van der Waals surface area contributed by atoms with Crippen LogP contribution in [0.2, 0.25) is 0 Å². The molecule has 0 atom stereocenters. The first-order valence-corrected chi connectivity index (χ1v) is 6.68. The molecule has 1 aromatic carbocycles. The Morgan fingerprint density at radius 3 is 2.81 bits per heavy atom. The van der Waals surface area contributed by atoms with E-state index in [-0.39, 0.29) is 0 Å². The lowest BCUT2D eigenvalue weighted by Gasteiger charge is -2.09. The van der Waals surface area contributed by atoms with Crippen LogP contribution < -0.4 is 10.5 Å². The molecule has 0 unspecified atom stereocenters. The van der Waals surface area contributed by atoms with E-state index in [2.05, 4.69) is 19.9 Å². The van der Waals surface area contributed by atoms with E-state index in [9.17, 15) is 0 Å². The number of benzene rings is 1. The van der Waals surface area contributed by atoms with Crippen LogP contribution in [0.5, 0.6) is 5.88 Å². The van der Waals surface area contributed by atoms with Crippen LogP contribution >= 0.6 is 0 Å². The third-order valence-electron chi connectivity index (χ3n) is 3.03. The van der Waals surface area contributed by atoms with Crippen molar-refractivity contribution in [3.05, 3.63) is 36.3 Å². The Bertz CT molecular complexity index is 803. The van der Waals surface area contributed by atoms with Crippen molar-refractivity contribution in [3.8, 4) is 17.3 Å². The molecule has 0 aliphatic heterocycles. The Hall–Kier alpha value is -2.76. The van der Waals surface area contributed by atoms with Crippen LogP contribution in [0.4, 0.5) is 5.82 Å². The SMILES string of the molecule is CCOc1ccnc(-c2cccc3nc(C)nc(N)c23)n1. The number of nitrogens with zero attached hydrogens (tertiary/aromatic N) is 4. The largest absolute Gasteiger partial charge is 0.478 e. The summed E-state index contributed by atoms with van der Waals surface area (Å²) in [5.41, 5.74) is 7.63. The van der Waals surface area contributed by atoms with Crippen LogP contribution in [0.15, 0.2) is 30.5 Å². The fraction of sp³-hybridized carbons (Fsp3) is 0.200. The smallest absolute Gasteiger partial charge is 0.216 e. The molecule has 2 heterocycles. The highest BCUT2D eigenvalue weighted by Crippen LogP contribution is 2.29.